The zero-order valence-electron chi connectivity index (χ0n) is 7.76. The molecule has 0 aromatic carbocycles. The van der Waals surface area contributed by atoms with E-state index in [-0.39, 0.29) is 18.9 Å². The second-order valence-corrected chi connectivity index (χ2v) is 3.45. The normalized spacial score (nSPS) is 26.4. The van der Waals surface area contributed by atoms with Gasteiger partial charge in [0.15, 0.2) is 5.82 Å². The highest BCUT2D eigenvalue weighted by Crippen LogP contribution is 2.36. The van der Waals surface area contributed by atoms with Crippen LogP contribution in [0, 0.1) is 6.92 Å². The fraction of sp³-hybridized carbons (Fsp3) is 0.750. The van der Waals surface area contributed by atoms with E-state index in [0.717, 1.165) is 0 Å². The van der Waals surface area contributed by atoms with Gasteiger partial charge in [0, 0.05) is 19.5 Å². The van der Waals surface area contributed by atoms with Crippen molar-refractivity contribution in [3.8, 4) is 0 Å². The van der Waals surface area contributed by atoms with Gasteiger partial charge in [0.2, 0.25) is 5.89 Å². The Labute approximate surface area is 79.7 Å². The molecule has 1 unspecified atom stereocenters. The molecule has 0 spiro atoms. The van der Waals surface area contributed by atoms with Crippen LogP contribution < -0.4 is 5.32 Å². The maximum Gasteiger partial charge on any atom is 0.262 e. The molecule has 78 valence electrons. The second kappa shape index (κ2) is 3.27. The summed E-state index contributed by atoms with van der Waals surface area (Å²) < 4.78 is 31.6. The first kappa shape index (κ1) is 9.51. The summed E-state index contributed by atoms with van der Waals surface area (Å²) in [5.74, 6) is -3.32. The molecule has 6 heteroatoms. The van der Waals surface area contributed by atoms with Crippen molar-refractivity contribution < 1.29 is 13.3 Å². The standard InChI is InChI=1S/C8H11F2N3O/c1-5-12-7(14-13-5)6-4-11-3-2-8(6,9)10/h6,11H,2-4H2,1H3. The Bertz CT molecular complexity index is 326. The molecule has 14 heavy (non-hydrogen) atoms. The molecule has 0 bridgehead atoms. The number of piperidine rings is 1. The van der Waals surface area contributed by atoms with Gasteiger partial charge >= 0.3 is 0 Å². The molecule has 1 aromatic heterocycles. The van der Waals surface area contributed by atoms with Crippen LogP contribution in [0.3, 0.4) is 0 Å². The molecule has 0 saturated carbocycles. The zero-order chi connectivity index (χ0) is 10.2. The molecular formula is C8H11F2N3O. The molecule has 0 aliphatic carbocycles. The molecule has 1 aromatic rings. The van der Waals surface area contributed by atoms with E-state index in [4.69, 9.17) is 4.52 Å². The minimum atomic E-state index is -2.75. The Morgan fingerprint density at radius 1 is 1.57 bits per heavy atom. The first-order chi connectivity index (χ1) is 6.59. The third kappa shape index (κ3) is 1.61. The fourth-order valence-corrected chi connectivity index (χ4v) is 1.55. The van der Waals surface area contributed by atoms with Gasteiger partial charge in [0.05, 0.1) is 0 Å². The van der Waals surface area contributed by atoms with Crippen LogP contribution in [0.1, 0.15) is 24.1 Å². The van der Waals surface area contributed by atoms with Crippen LogP contribution >= 0.6 is 0 Å². The van der Waals surface area contributed by atoms with Gasteiger partial charge in [-0.2, -0.15) is 4.98 Å². The highest BCUT2D eigenvalue weighted by Gasteiger charge is 2.45. The van der Waals surface area contributed by atoms with Crippen LogP contribution in [0.5, 0.6) is 0 Å². The van der Waals surface area contributed by atoms with E-state index in [1.807, 2.05) is 0 Å². The van der Waals surface area contributed by atoms with E-state index in [1.54, 1.807) is 6.92 Å². The minimum absolute atomic E-state index is 0.0275. The van der Waals surface area contributed by atoms with Crippen LogP contribution in [0.4, 0.5) is 8.78 Å². The average molecular weight is 203 g/mol. The van der Waals surface area contributed by atoms with Crippen LogP contribution in [-0.4, -0.2) is 29.2 Å². The summed E-state index contributed by atoms with van der Waals surface area (Å²) in [7, 11) is 0. The second-order valence-electron chi connectivity index (χ2n) is 3.45. The predicted octanol–water partition coefficient (Wildman–Crippen LogP) is 1.09. The molecule has 2 rings (SSSR count). The van der Waals surface area contributed by atoms with Crippen molar-refractivity contribution in [3.63, 3.8) is 0 Å². The van der Waals surface area contributed by atoms with E-state index in [2.05, 4.69) is 15.5 Å². The zero-order valence-corrected chi connectivity index (χ0v) is 7.76. The van der Waals surface area contributed by atoms with E-state index < -0.39 is 11.8 Å². The van der Waals surface area contributed by atoms with Gasteiger partial charge in [-0.15, -0.1) is 0 Å². The van der Waals surface area contributed by atoms with Crippen molar-refractivity contribution in [1.82, 2.24) is 15.5 Å². The Morgan fingerprint density at radius 2 is 2.36 bits per heavy atom. The van der Waals surface area contributed by atoms with Crippen molar-refractivity contribution in [2.45, 2.75) is 25.2 Å². The molecule has 1 aliphatic heterocycles. The summed E-state index contributed by atoms with van der Waals surface area (Å²) in [6.45, 7) is 2.13. The Morgan fingerprint density at radius 3 is 2.93 bits per heavy atom. The minimum Gasteiger partial charge on any atom is -0.339 e. The van der Waals surface area contributed by atoms with Crippen molar-refractivity contribution in [2.75, 3.05) is 13.1 Å². The van der Waals surface area contributed by atoms with Gasteiger partial charge in [-0.3, -0.25) is 0 Å². The molecule has 1 N–H and O–H groups in total. The van der Waals surface area contributed by atoms with Crippen molar-refractivity contribution in [3.05, 3.63) is 11.7 Å². The number of hydrogen-bond donors (Lipinski definition) is 1. The lowest BCUT2D eigenvalue weighted by atomic mass is 9.95. The quantitative estimate of drug-likeness (QED) is 0.742. The van der Waals surface area contributed by atoms with E-state index in [1.165, 1.54) is 0 Å². The molecule has 4 nitrogen and oxygen atoms in total. The summed E-state index contributed by atoms with van der Waals surface area (Å²) in [6.07, 6.45) is -0.181. The first-order valence-corrected chi connectivity index (χ1v) is 4.48. The average Bonchev–Trinajstić information content (AvgIpc) is 2.51. The number of aryl methyl sites for hydroxylation is 1. The lowest BCUT2D eigenvalue weighted by molar-refractivity contribution is -0.0561. The van der Waals surface area contributed by atoms with Crippen molar-refractivity contribution in [1.29, 1.82) is 0 Å². The van der Waals surface area contributed by atoms with Gasteiger partial charge in [-0.25, -0.2) is 8.78 Å². The van der Waals surface area contributed by atoms with E-state index >= 15 is 0 Å². The number of hydrogen-bond acceptors (Lipinski definition) is 4. The summed E-state index contributed by atoms with van der Waals surface area (Å²) in [6, 6.07) is 0. The molecule has 1 aliphatic rings. The van der Waals surface area contributed by atoms with E-state index in [0.29, 0.717) is 12.4 Å². The number of nitrogens with zero attached hydrogens (tertiary/aromatic N) is 2. The lowest BCUT2D eigenvalue weighted by Gasteiger charge is -2.29. The highest BCUT2D eigenvalue weighted by atomic mass is 19.3. The fourth-order valence-electron chi connectivity index (χ4n) is 1.55. The SMILES string of the molecule is Cc1noc(C2CNCCC2(F)F)n1. The molecule has 1 fully saturated rings. The molecule has 2 heterocycles. The largest absolute Gasteiger partial charge is 0.339 e. The maximum atomic E-state index is 13.4. The monoisotopic (exact) mass is 203 g/mol. The smallest absolute Gasteiger partial charge is 0.262 e. The molecule has 1 atom stereocenters. The number of halogens is 2. The van der Waals surface area contributed by atoms with Gasteiger partial charge in [0.1, 0.15) is 5.92 Å². The Kier molecular flexibility index (Phi) is 2.22. The molecule has 0 radical (unpaired) electrons. The van der Waals surface area contributed by atoms with Crippen molar-refractivity contribution >= 4 is 0 Å². The van der Waals surface area contributed by atoms with E-state index in [9.17, 15) is 8.78 Å². The molecular weight excluding hydrogens is 192 g/mol. The summed E-state index contributed by atoms with van der Waals surface area (Å²) in [4.78, 5) is 3.83. The van der Waals surface area contributed by atoms with Crippen LogP contribution in [0.15, 0.2) is 4.52 Å². The number of alkyl halides is 2. The first-order valence-electron chi connectivity index (χ1n) is 4.48. The summed E-state index contributed by atoms with van der Waals surface area (Å²) in [5, 5.41) is 6.40. The molecule has 0 amide bonds. The van der Waals surface area contributed by atoms with Crippen LogP contribution in [0.2, 0.25) is 0 Å². The van der Waals surface area contributed by atoms with Crippen LogP contribution in [-0.2, 0) is 0 Å². The van der Waals surface area contributed by atoms with Gasteiger partial charge in [0.25, 0.3) is 5.92 Å². The van der Waals surface area contributed by atoms with Crippen LogP contribution in [0.25, 0.3) is 0 Å². The number of nitrogens with one attached hydrogen (secondary N) is 1. The van der Waals surface area contributed by atoms with Gasteiger partial charge in [-0.1, -0.05) is 5.16 Å². The third-order valence-corrected chi connectivity index (χ3v) is 2.33. The predicted molar refractivity (Wildman–Crippen MR) is 44.2 cm³/mol. The number of rotatable bonds is 1. The molecule has 1 saturated heterocycles. The summed E-state index contributed by atoms with van der Waals surface area (Å²) >= 11 is 0. The lowest BCUT2D eigenvalue weighted by Crippen LogP contribution is -2.43. The van der Waals surface area contributed by atoms with Gasteiger partial charge < -0.3 is 9.84 Å². The van der Waals surface area contributed by atoms with Crippen molar-refractivity contribution in [2.24, 2.45) is 0 Å². The van der Waals surface area contributed by atoms with Gasteiger partial charge in [-0.05, 0) is 6.92 Å². The highest BCUT2D eigenvalue weighted by molar-refractivity contribution is 5.03. The third-order valence-electron chi connectivity index (χ3n) is 2.33. The topological polar surface area (TPSA) is 51.0 Å². The Balaban J connectivity index is 2.23. The Hall–Kier alpha value is -1.04. The maximum absolute atomic E-state index is 13.4. The summed E-state index contributed by atoms with van der Waals surface area (Å²) in [5.41, 5.74) is 0. The number of aromatic nitrogens is 2.